The molecule has 2 rings (SSSR count). The third-order valence-corrected chi connectivity index (χ3v) is 3.23. The molecule has 22 heavy (non-hydrogen) atoms. The first-order valence-corrected chi connectivity index (χ1v) is 6.92. The van der Waals surface area contributed by atoms with Gasteiger partial charge in [0, 0.05) is 6.54 Å². The number of benzene rings is 2. The van der Waals surface area contributed by atoms with Crippen molar-refractivity contribution >= 4 is 5.91 Å². The van der Waals surface area contributed by atoms with Gasteiger partial charge in [-0.25, -0.2) is 8.78 Å². The smallest absolute Gasteiger partial charge is 0.224 e. The molecule has 0 aliphatic heterocycles. The maximum Gasteiger partial charge on any atom is 0.224 e. The number of hydrogen-bond donors (Lipinski definition) is 1. The predicted octanol–water partition coefficient (Wildman–Crippen LogP) is 2.87. The molecular weight excluding hydrogens is 288 g/mol. The largest absolute Gasteiger partial charge is 0.494 e. The van der Waals surface area contributed by atoms with Crippen molar-refractivity contribution in [2.75, 3.05) is 13.7 Å². The number of rotatable bonds is 6. The van der Waals surface area contributed by atoms with Gasteiger partial charge in [0.15, 0.2) is 11.6 Å². The molecule has 5 heteroatoms. The summed E-state index contributed by atoms with van der Waals surface area (Å²) in [4.78, 5) is 11.8. The lowest BCUT2D eigenvalue weighted by molar-refractivity contribution is -0.120. The average Bonchev–Trinajstić information content (AvgIpc) is 2.50. The van der Waals surface area contributed by atoms with Crippen molar-refractivity contribution in [3.8, 4) is 5.75 Å². The average molecular weight is 305 g/mol. The zero-order valence-corrected chi connectivity index (χ0v) is 12.2. The molecule has 1 N–H and O–H groups in total. The van der Waals surface area contributed by atoms with Crippen molar-refractivity contribution in [3.05, 3.63) is 65.2 Å². The molecule has 0 heterocycles. The Morgan fingerprint density at radius 1 is 1.09 bits per heavy atom. The minimum atomic E-state index is -0.419. The highest BCUT2D eigenvalue weighted by atomic mass is 19.1. The highest BCUT2D eigenvalue weighted by Crippen LogP contribution is 2.17. The molecule has 0 atom stereocenters. The van der Waals surface area contributed by atoms with Crippen molar-refractivity contribution in [1.29, 1.82) is 0 Å². The van der Waals surface area contributed by atoms with Gasteiger partial charge < -0.3 is 10.1 Å². The summed E-state index contributed by atoms with van der Waals surface area (Å²) in [6, 6.07) is 10.5. The van der Waals surface area contributed by atoms with Crippen molar-refractivity contribution < 1.29 is 18.3 Å². The van der Waals surface area contributed by atoms with Gasteiger partial charge in [0.05, 0.1) is 13.5 Å². The maximum absolute atomic E-state index is 13.5. The van der Waals surface area contributed by atoms with E-state index in [9.17, 15) is 13.6 Å². The summed E-state index contributed by atoms with van der Waals surface area (Å²) in [5.41, 5.74) is 1.52. The summed E-state index contributed by atoms with van der Waals surface area (Å²) in [5, 5.41) is 2.76. The highest BCUT2D eigenvalue weighted by molar-refractivity contribution is 5.78. The fraction of sp³-hybridized carbons (Fsp3) is 0.235. The molecule has 3 nitrogen and oxygen atoms in total. The predicted molar refractivity (Wildman–Crippen MR) is 79.8 cm³/mol. The minimum Gasteiger partial charge on any atom is -0.494 e. The number of nitrogens with one attached hydrogen (secondary N) is 1. The Labute approximate surface area is 127 Å². The van der Waals surface area contributed by atoms with Crippen LogP contribution in [0.1, 0.15) is 11.1 Å². The summed E-state index contributed by atoms with van der Waals surface area (Å²) in [5.74, 6) is -0.701. The van der Waals surface area contributed by atoms with E-state index >= 15 is 0 Å². The van der Waals surface area contributed by atoms with Gasteiger partial charge in [0.25, 0.3) is 0 Å². The molecule has 0 aliphatic rings. The molecule has 2 aromatic rings. The van der Waals surface area contributed by atoms with Crippen LogP contribution in [0, 0.1) is 11.6 Å². The maximum atomic E-state index is 13.5. The Morgan fingerprint density at radius 2 is 1.77 bits per heavy atom. The number of hydrogen-bond acceptors (Lipinski definition) is 2. The van der Waals surface area contributed by atoms with E-state index in [1.54, 1.807) is 24.3 Å². The van der Waals surface area contributed by atoms with Crippen LogP contribution < -0.4 is 10.1 Å². The van der Waals surface area contributed by atoms with Crippen LogP contribution in [-0.2, 0) is 17.6 Å². The van der Waals surface area contributed by atoms with Crippen LogP contribution in [0.5, 0.6) is 5.75 Å². The number of methoxy groups -OCH3 is 1. The number of ether oxygens (including phenoxy) is 1. The van der Waals surface area contributed by atoms with Gasteiger partial charge in [-0.15, -0.1) is 0 Å². The molecule has 0 aliphatic carbocycles. The van der Waals surface area contributed by atoms with E-state index < -0.39 is 5.82 Å². The molecule has 2 aromatic carbocycles. The Hall–Kier alpha value is -2.43. The van der Waals surface area contributed by atoms with Gasteiger partial charge in [-0.2, -0.15) is 0 Å². The van der Waals surface area contributed by atoms with Crippen LogP contribution in [0.2, 0.25) is 0 Å². The van der Waals surface area contributed by atoms with E-state index in [1.807, 2.05) is 0 Å². The van der Waals surface area contributed by atoms with Gasteiger partial charge in [0.2, 0.25) is 5.91 Å². The lowest BCUT2D eigenvalue weighted by Crippen LogP contribution is -2.27. The van der Waals surface area contributed by atoms with E-state index in [0.717, 1.165) is 11.1 Å². The van der Waals surface area contributed by atoms with Crippen LogP contribution in [0.25, 0.3) is 0 Å². The molecule has 0 aromatic heterocycles. The second kappa shape index (κ2) is 7.54. The van der Waals surface area contributed by atoms with Crippen LogP contribution in [0.4, 0.5) is 8.78 Å². The number of amides is 1. The van der Waals surface area contributed by atoms with Crippen LogP contribution in [-0.4, -0.2) is 19.6 Å². The normalized spacial score (nSPS) is 10.3. The molecule has 0 saturated carbocycles. The van der Waals surface area contributed by atoms with Gasteiger partial charge in [-0.05, 0) is 41.8 Å². The topological polar surface area (TPSA) is 38.3 Å². The molecule has 0 unspecified atom stereocenters. The zero-order chi connectivity index (χ0) is 15.9. The van der Waals surface area contributed by atoms with Gasteiger partial charge in [0.1, 0.15) is 5.82 Å². The van der Waals surface area contributed by atoms with Crippen LogP contribution >= 0.6 is 0 Å². The number of halogens is 2. The van der Waals surface area contributed by atoms with E-state index in [4.69, 9.17) is 4.74 Å². The summed E-state index contributed by atoms with van der Waals surface area (Å²) in [6.07, 6.45) is 0.716. The fourth-order valence-electron chi connectivity index (χ4n) is 2.06. The molecule has 0 spiro atoms. The van der Waals surface area contributed by atoms with Crippen molar-refractivity contribution in [2.24, 2.45) is 0 Å². The highest BCUT2D eigenvalue weighted by Gasteiger charge is 2.05. The molecular formula is C17H17F2NO2. The van der Waals surface area contributed by atoms with Gasteiger partial charge >= 0.3 is 0 Å². The molecule has 0 radical (unpaired) electrons. The molecule has 0 saturated heterocycles. The Morgan fingerprint density at radius 3 is 2.41 bits per heavy atom. The van der Waals surface area contributed by atoms with Crippen LogP contribution in [0.3, 0.4) is 0 Å². The lowest BCUT2D eigenvalue weighted by Gasteiger charge is -2.07. The summed E-state index contributed by atoms with van der Waals surface area (Å²) in [7, 11) is 1.41. The van der Waals surface area contributed by atoms with E-state index in [1.165, 1.54) is 25.3 Å². The van der Waals surface area contributed by atoms with E-state index in [-0.39, 0.29) is 23.9 Å². The zero-order valence-electron chi connectivity index (χ0n) is 12.2. The molecule has 1 amide bonds. The second-order valence-electron chi connectivity index (χ2n) is 4.87. The first-order chi connectivity index (χ1) is 10.6. The lowest BCUT2D eigenvalue weighted by atomic mass is 10.1. The standard InChI is InChI=1S/C17H17F2NO2/c1-22-16-7-4-13(10-15(16)19)8-9-20-17(21)11-12-2-5-14(18)6-3-12/h2-7,10H,8-9,11H2,1H3,(H,20,21). The van der Waals surface area contributed by atoms with Gasteiger partial charge in [-0.3, -0.25) is 4.79 Å². The second-order valence-corrected chi connectivity index (χ2v) is 4.87. The minimum absolute atomic E-state index is 0.152. The summed E-state index contributed by atoms with van der Waals surface area (Å²) < 4.78 is 31.1. The van der Waals surface area contributed by atoms with E-state index in [0.29, 0.717) is 13.0 Å². The van der Waals surface area contributed by atoms with Crippen molar-refractivity contribution in [2.45, 2.75) is 12.8 Å². The molecule has 116 valence electrons. The third kappa shape index (κ3) is 4.55. The Balaban J connectivity index is 1.79. The number of carbonyl (C=O) groups is 1. The van der Waals surface area contributed by atoms with Crippen LogP contribution in [0.15, 0.2) is 42.5 Å². The molecule has 0 bridgehead atoms. The monoisotopic (exact) mass is 305 g/mol. The Kier molecular flexibility index (Phi) is 5.47. The molecule has 0 fully saturated rings. The number of carbonyl (C=O) groups excluding carboxylic acids is 1. The first-order valence-electron chi connectivity index (χ1n) is 6.92. The van der Waals surface area contributed by atoms with Gasteiger partial charge in [-0.1, -0.05) is 18.2 Å². The van der Waals surface area contributed by atoms with E-state index in [2.05, 4.69) is 5.32 Å². The third-order valence-electron chi connectivity index (χ3n) is 3.23. The fourth-order valence-corrected chi connectivity index (χ4v) is 2.06. The van der Waals surface area contributed by atoms with Crippen molar-refractivity contribution in [1.82, 2.24) is 5.32 Å². The Bertz CT molecular complexity index is 642. The van der Waals surface area contributed by atoms with Crippen molar-refractivity contribution in [3.63, 3.8) is 0 Å². The quantitative estimate of drug-likeness (QED) is 0.891. The summed E-state index contributed by atoms with van der Waals surface area (Å²) in [6.45, 7) is 0.409. The SMILES string of the molecule is COc1ccc(CCNC(=O)Cc2ccc(F)cc2)cc1F. The first kappa shape index (κ1) is 15.9. The summed E-state index contributed by atoms with van der Waals surface area (Å²) >= 11 is 0.